The summed E-state index contributed by atoms with van der Waals surface area (Å²) in [6.07, 6.45) is 1.61. The van der Waals surface area contributed by atoms with Crippen LogP contribution in [0.15, 0.2) is 58.8 Å². The number of pyridine rings is 3. The molecular weight excluding hydrogens is 402 g/mol. The zero-order chi connectivity index (χ0) is 22.9. The van der Waals surface area contributed by atoms with E-state index in [0.717, 1.165) is 64.0 Å². The molecule has 0 spiro atoms. The topological polar surface area (TPSA) is 81.9 Å². The van der Waals surface area contributed by atoms with Crippen molar-refractivity contribution < 1.29 is 9.68 Å². The Labute approximate surface area is 189 Å². The van der Waals surface area contributed by atoms with E-state index in [4.69, 9.17) is 19.6 Å². The Morgan fingerprint density at radius 3 is 2.38 bits per heavy atom. The molecule has 0 radical (unpaired) electrons. The molecule has 7 nitrogen and oxygen atoms in total. The first-order valence-electron chi connectivity index (χ1n) is 10.6. The van der Waals surface area contributed by atoms with Gasteiger partial charge in [-0.25, -0.2) is 0 Å². The summed E-state index contributed by atoms with van der Waals surface area (Å²) < 4.78 is 0. The number of hydrogen-bond donors (Lipinski definition) is 0. The third kappa shape index (κ3) is 6.20. The van der Waals surface area contributed by atoms with Crippen LogP contribution in [0.2, 0.25) is 0 Å². The third-order valence-corrected chi connectivity index (χ3v) is 4.90. The highest BCUT2D eigenvalue weighted by molar-refractivity contribution is 5.99. The standard InChI is InChI=1S/C25H29N5O2/c1-17-9-6-12-23(26-17)20(4)30-32-16-8-11-21-10-7-13-24(28-21)25-15-14-22(18(2)27-25)19(3)29-31-5/h6-7,9-10,12-15H,8,11,16H2,1-5H3/b29-19?,30-20+. The first-order chi connectivity index (χ1) is 15.5. The molecule has 0 atom stereocenters. The zero-order valence-electron chi connectivity index (χ0n) is 19.3. The Morgan fingerprint density at radius 1 is 0.844 bits per heavy atom. The van der Waals surface area contributed by atoms with Gasteiger partial charge in [-0.2, -0.15) is 0 Å². The van der Waals surface area contributed by atoms with Crippen molar-refractivity contribution in [3.63, 3.8) is 0 Å². The monoisotopic (exact) mass is 431 g/mol. The first-order valence-corrected chi connectivity index (χ1v) is 10.6. The second kappa shape index (κ2) is 11.1. The van der Waals surface area contributed by atoms with Gasteiger partial charge in [0, 0.05) is 22.6 Å². The summed E-state index contributed by atoms with van der Waals surface area (Å²) in [6, 6.07) is 15.8. The van der Waals surface area contributed by atoms with Crippen molar-refractivity contribution in [1.82, 2.24) is 15.0 Å². The van der Waals surface area contributed by atoms with Gasteiger partial charge in [0.05, 0.1) is 22.8 Å². The summed E-state index contributed by atoms with van der Waals surface area (Å²) >= 11 is 0. The average Bonchev–Trinajstić information content (AvgIpc) is 2.79. The lowest BCUT2D eigenvalue weighted by Gasteiger charge is -2.08. The Balaban J connectivity index is 1.58. The Hall–Kier alpha value is -3.61. The summed E-state index contributed by atoms with van der Waals surface area (Å²) in [5, 5.41) is 8.17. The van der Waals surface area contributed by atoms with Crippen molar-refractivity contribution in [1.29, 1.82) is 0 Å². The molecular formula is C25H29N5O2. The summed E-state index contributed by atoms with van der Waals surface area (Å²) in [6.45, 7) is 8.23. The molecule has 3 heterocycles. The smallest absolute Gasteiger partial charge is 0.117 e. The number of nitrogens with zero attached hydrogens (tertiary/aromatic N) is 5. The average molecular weight is 432 g/mol. The predicted molar refractivity (Wildman–Crippen MR) is 127 cm³/mol. The molecule has 166 valence electrons. The molecule has 0 aliphatic carbocycles. The second-order valence-electron chi connectivity index (χ2n) is 7.48. The van der Waals surface area contributed by atoms with Crippen molar-refractivity contribution in [3.8, 4) is 11.4 Å². The van der Waals surface area contributed by atoms with Gasteiger partial charge < -0.3 is 9.68 Å². The highest BCUT2D eigenvalue weighted by Gasteiger charge is 2.09. The van der Waals surface area contributed by atoms with E-state index in [2.05, 4.69) is 15.3 Å². The second-order valence-corrected chi connectivity index (χ2v) is 7.48. The molecule has 0 aliphatic rings. The highest BCUT2D eigenvalue weighted by atomic mass is 16.6. The lowest BCUT2D eigenvalue weighted by atomic mass is 10.1. The van der Waals surface area contributed by atoms with Gasteiger partial charge in [-0.15, -0.1) is 0 Å². The number of aryl methyl sites for hydroxylation is 3. The van der Waals surface area contributed by atoms with Crippen LogP contribution in [0.4, 0.5) is 0 Å². The molecule has 32 heavy (non-hydrogen) atoms. The van der Waals surface area contributed by atoms with E-state index in [0.29, 0.717) is 6.61 Å². The van der Waals surface area contributed by atoms with Crippen molar-refractivity contribution in [3.05, 3.63) is 76.9 Å². The summed E-state index contributed by atoms with van der Waals surface area (Å²) in [5.41, 5.74) is 7.87. The van der Waals surface area contributed by atoms with Crippen molar-refractivity contribution >= 4 is 11.4 Å². The SMILES string of the molecule is CON=C(C)c1ccc(-c2cccc(CCCO/N=C(\C)c3cccc(C)n3)n2)nc1C. The molecule has 0 fully saturated rings. The van der Waals surface area contributed by atoms with Gasteiger partial charge in [0.2, 0.25) is 0 Å². The van der Waals surface area contributed by atoms with E-state index in [1.165, 1.54) is 7.11 Å². The van der Waals surface area contributed by atoms with Gasteiger partial charge in [-0.1, -0.05) is 22.4 Å². The van der Waals surface area contributed by atoms with Crippen molar-refractivity contribution in [2.45, 2.75) is 40.5 Å². The van der Waals surface area contributed by atoms with Crippen LogP contribution in [-0.4, -0.2) is 40.1 Å². The van der Waals surface area contributed by atoms with Gasteiger partial charge in [0.25, 0.3) is 0 Å². The van der Waals surface area contributed by atoms with Crippen molar-refractivity contribution in [2.75, 3.05) is 13.7 Å². The maximum atomic E-state index is 5.48. The molecule has 0 bridgehead atoms. The maximum Gasteiger partial charge on any atom is 0.117 e. The van der Waals surface area contributed by atoms with Gasteiger partial charge in [-0.3, -0.25) is 15.0 Å². The van der Waals surface area contributed by atoms with E-state index >= 15 is 0 Å². The van der Waals surface area contributed by atoms with Gasteiger partial charge in [-0.05, 0) is 76.9 Å². The molecule has 3 aromatic heterocycles. The van der Waals surface area contributed by atoms with Crippen LogP contribution in [0.3, 0.4) is 0 Å². The number of oxime groups is 2. The molecule has 7 heteroatoms. The maximum absolute atomic E-state index is 5.48. The fourth-order valence-corrected chi connectivity index (χ4v) is 3.29. The minimum absolute atomic E-state index is 0.513. The van der Waals surface area contributed by atoms with Crippen LogP contribution in [0, 0.1) is 13.8 Å². The molecule has 0 aliphatic heterocycles. The Bertz CT molecular complexity index is 1120. The van der Waals surface area contributed by atoms with E-state index < -0.39 is 0 Å². The molecule has 3 rings (SSSR count). The first kappa shape index (κ1) is 23.1. The van der Waals surface area contributed by atoms with E-state index in [9.17, 15) is 0 Å². The number of aromatic nitrogens is 3. The zero-order valence-corrected chi connectivity index (χ0v) is 19.3. The Morgan fingerprint density at radius 2 is 1.62 bits per heavy atom. The van der Waals surface area contributed by atoms with Crippen LogP contribution in [0.25, 0.3) is 11.4 Å². The fraction of sp³-hybridized carbons (Fsp3) is 0.320. The van der Waals surface area contributed by atoms with Crippen LogP contribution in [-0.2, 0) is 16.1 Å². The summed E-state index contributed by atoms with van der Waals surface area (Å²) in [7, 11) is 1.54. The van der Waals surface area contributed by atoms with Gasteiger partial charge >= 0.3 is 0 Å². The molecule has 0 saturated heterocycles. The number of rotatable bonds is 9. The normalized spacial score (nSPS) is 12.0. The van der Waals surface area contributed by atoms with Crippen LogP contribution in [0.1, 0.15) is 48.6 Å². The van der Waals surface area contributed by atoms with E-state index in [-0.39, 0.29) is 0 Å². The quantitative estimate of drug-likeness (QED) is 0.273. The highest BCUT2D eigenvalue weighted by Crippen LogP contribution is 2.18. The summed E-state index contributed by atoms with van der Waals surface area (Å²) in [5.74, 6) is 0. The lowest BCUT2D eigenvalue weighted by molar-refractivity contribution is 0.141. The molecule has 0 unspecified atom stereocenters. The number of hydrogen-bond acceptors (Lipinski definition) is 7. The van der Waals surface area contributed by atoms with Gasteiger partial charge in [0.15, 0.2) is 0 Å². The van der Waals surface area contributed by atoms with E-state index in [1.54, 1.807) is 0 Å². The van der Waals surface area contributed by atoms with Crippen LogP contribution < -0.4 is 0 Å². The molecule has 0 saturated carbocycles. The molecule has 0 aromatic carbocycles. The fourth-order valence-electron chi connectivity index (χ4n) is 3.29. The largest absolute Gasteiger partial charge is 0.399 e. The molecule has 0 N–H and O–H groups in total. The molecule has 0 amide bonds. The van der Waals surface area contributed by atoms with Crippen molar-refractivity contribution in [2.24, 2.45) is 10.3 Å². The molecule has 3 aromatic rings. The third-order valence-electron chi connectivity index (χ3n) is 4.90. The minimum atomic E-state index is 0.513. The van der Waals surface area contributed by atoms with Crippen LogP contribution in [0.5, 0.6) is 0 Å². The minimum Gasteiger partial charge on any atom is -0.399 e. The predicted octanol–water partition coefficient (Wildman–Crippen LogP) is 4.90. The van der Waals surface area contributed by atoms with Crippen LogP contribution >= 0.6 is 0 Å². The van der Waals surface area contributed by atoms with Gasteiger partial charge in [0.1, 0.15) is 19.4 Å². The lowest BCUT2D eigenvalue weighted by Crippen LogP contribution is -2.03. The summed E-state index contributed by atoms with van der Waals surface area (Å²) in [4.78, 5) is 24.3. The van der Waals surface area contributed by atoms with E-state index in [1.807, 2.05) is 76.2 Å². The Kier molecular flexibility index (Phi) is 8.02.